The van der Waals surface area contributed by atoms with Crippen molar-refractivity contribution in [3.8, 4) is 0 Å². The summed E-state index contributed by atoms with van der Waals surface area (Å²) in [5, 5.41) is 24.1. The maximum Gasteiger partial charge on any atom is 0.378 e. The number of Topliss-reactive ketones (excluding diaryl/α,β-unsaturated/α-hetero) is 1. The minimum Gasteiger partial charge on any atom is -0.477 e. The van der Waals surface area contributed by atoms with E-state index in [4.69, 9.17) is 10.5 Å². The SMILES string of the molecule is CCOC(=O)c1nnnn1CC(=O)C[C@H](C)[C@H]1C(=O)N2C(C(=O)O)=C(S[C@@H]3CN[C@H](C(=O)N4CC[C@@H](N)C4)C3)[C@H](C)[C@H]12. The lowest BCUT2D eigenvalue weighted by Crippen LogP contribution is -2.62. The van der Waals surface area contributed by atoms with Crippen molar-refractivity contribution in [1.29, 1.82) is 0 Å². The number of nitrogens with two attached hydrogens (primary N) is 1. The second kappa shape index (κ2) is 12.1. The molecule has 15 nitrogen and oxygen atoms in total. The highest BCUT2D eigenvalue weighted by molar-refractivity contribution is 8.03. The largest absolute Gasteiger partial charge is 0.477 e. The normalized spacial score (nSPS) is 29.5. The second-order valence-corrected chi connectivity index (χ2v) is 12.7. The van der Waals surface area contributed by atoms with Crippen LogP contribution in [-0.2, 0) is 30.5 Å². The molecule has 0 radical (unpaired) electrons. The summed E-state index contributed by atoms with van der Waals surface area (Å²) in [5.74, 6) is -3.82. The molecule has 0 unspecified atom stereocenters. The highest BCUT2D eigenvalue weighted by Gasteiger charge is 2.60. The fourth-order valence-electron chi connectivity index (χ4n) is 6.51. The third-order valence-electron chi connectivity index (χ3n) is 8.49. The molecule has 4 N–H and O–H groups in total. The molecule has 16 heteroatoms. The fraction of sp³-hybridized carbons (Fsp3) is 0.692. The lowest BCUT2D eigenvalue weighted by Gasteiger charge is -2.47. The van der Waals surface area contributed by atoms with Crippen LogP contribution < -0.4 is 11.1 Å². The van der Waals surface area contributed by atoms with Crippen LogP contribution in [0.25, 0.3) is 0 Å². The molecule has 228 valence electrons. The number of esters is 1. The first-order valence-corrected chi connectivity index (χ1v) is 15.1. The average Bonchev–Trinajstić information content (AvgIpc) is 3.72. The van der Waals surface area contributed by atoms with Crippen molar-refractivity contribution in [1.82, 2.24) is 35.3 Å². The van der Waals surface area contributed by atoms with Crippen molar-refractivity contribution in [2.24, 2.45) is 23.5 Å². The Labute approximate surface area is 246 Å². The molecule has 0 saturated carbocycles. The number of nitrogens with one attached hydrogen (secondary N) is 1. The maximum absolute atomic E-state index is 13.3. The number of hydrogen-bond donors (Lipinski definition) is 3. The Hall–Kier alpha value is -3.37. The van der Waals surface area contributed by atoms with Crippen LogP contribution in [0.2, 0.25) is 0 Å². The van der Waals surface area contributed by atoms with Crippen LogP contribution in [0.15, 0.2) is 10.6 Å². The number of amides is 2. The number of carbonyl (C=O) groups excluding carboxylic acids is 4. The molecular weight excluding hydrogens is 568 g/mol. The van der Waals surface area contributed by atoms with Crippen molar-refractivity contribution in [3.05, 3.63) is 16.4 Å². The first-order valence-electron chi connectivity index (χ1n) is 14.2. The number of carbonyl (C=O) groups is 5. The highest BCUT2D eigenvalue weighted by atomic mass is 32.2. The van der Waals surface area contributed by atoms with Gasteiger partial charge in [0.05, 0.1) is 24.6 Å². The highest BCUT2D eigenvalue weighted by Crippen LogP contribution is 2.53. The molecule has 7 atom stereocenters. The Balaban J connectivity index is 1.22. The summed E-state index contributed by atoms with van der Waals surface area (Å²) in [4.78, 5) is 67.3. The number of tetrazole rings is 1. The number of rotatable bonds is 11. The predicted molar refractivity (Wildman–Crippen MR) is 147 cm³/mol. The first kappa shape index (κ1) is 30.1. The quantitative estimate of drug-likeness (QED) is 0.210. The zero-order valence-electron chi connectivity index (χ0n) is 23.8. The third kappa shape index (κ3) is 5.54. The summed E-state index contributed by atoms with van der Waals surface area (Å²) in [6, 6.07) is -0.729. The molecule has 42 heavy (non-hydrogen) atoms. The van der Waals surface area contributed by atoms with Crippen molar-refractivity contribution in [3.63, 3.8) is 0 Å². The van der Waals surface area contributed by atoms with Gasteiger partial charge in [-0.15, -0.1) is 16.9 Å². The second-order valence-electron chi connectivity index (χ2n) is 11.4. The zero-order chi connectivity index (χ0) is 30.3. The molecule has 3 fully saturated rings. The van der Waals surface area contributed by atoms with Gasteiger partial charge in [-0.3, -0.25) is 14.4 Å². The van der Waals surface area contributed by atoms with Gasteiger partial charge in [-0.2, -0.15) is 0 Å². The molecule has 4 aliphatic heterocycles. The van der Waals surface area contributed by atoms with Gasteiger partial charge in [0, 0.05) is 48.2 Å². The number of carboxylic acid groups (broad SMARTS) is 1. The number of β-lactam (4-membered cyclic amide) rings is 1. The molecule has 1 aromatic rings. The van der Waals surface area contributed by atoms with Gasteiger partial charge in [0.2, 0.25) is 11.8 Å². The third-order valence-corrected chi connectivity index (χ3v) is 10.0. The Morgan fingerprint density at radius 1 is 1.29 bits per heavy atom. The van der Waals surface area contributed by atoms with Crippen molar-refractivity contribution >= 4 is 41.3 Å². The minimum absolute atomic E-state index is 0.00233. The van der Waals surface area contributed by atoms with E-state index in [1.165, 1.54) is 16.7 Å². The first-order chi connectivity index (χ1) is 20.0. The Bertz CT molecular complexity index is 1320. The Morgan fingerprint density at radius 3 is 2.71 bits per heavy atom. The summed E-state index contributed by atoms with van der Waals surface area (Å²) in [5.41, 5.74) is 5.95. The van der Waals surface area contributed by atoms with Gasteiger partial charge in [0.25, 0.3) is 5.82 Å². The Morgan fingerprint density at radius 2 is 2.05 bits per heavy atom. The van der Waals surface area contributed by atoms with Crippen LogP contribution in [0.1, 0.15) is 50.7 Å². The topological polar surface area (TPSA) is 203 Å². The molecule has 4 aliphatic rings. The lowest BCUT2D eigenvalue weighted by molar-refractivity contribution is -0.160. The van der Waals surface area contributed by atoms with Crippen LogP contribution in [0.5, 0.6) is 0 Å². The smallest absolute Gasteiger partial charge is 0.378 e. The van der Waals surface area contributed by atoms with Gasteiger partial charge < -0.3 is 30.7 Å². The number of nitrogens with zero attached hydrogens (tertiary/aromatic N) is 6. The van der Waals surface area contributed by atoms with E-state index in [1.807, 2.05) is 6.92 Å². The predicted octanol–water partition coefficient (Wildman–Crippen LogP) is -0.759. The Kier molecular flexibility index (Phi) is 8.66. The zero-order valence-corrected chi connectivity index (χ0v) is 24.6. The van der Waals surface area contributed by atoms with Crippen LogP contribution in [-0.4, -0.2) is 114 Å². The molecular formula is C26H36N8O7S. The van der Waals surface area contributed by atoms with Gasteiger partial charge in [-0.25, -0.2) is 14.3 Å². The molecule has 5 heterocycles. The number of aromatic nitrogens is 4. The van der Waals surface area contributed by atoms with Crippen LogP contribution in [0, 0.1) is 17.8 Å². The monoisotopic (exact) mass is 604 g/mol. The van der Waals surface area contributed by atoms with Gasteiger partial charge in [0.1, 0.15) is 12.2 Å². The maximum atomic E-state index is 13.3. The van der Waals surface area contributed by atoms with E-state index in [0.29, 0.717) is 31.0 Å². The van der Waals surface area contributed by atoms with Crippen LogP contribution in [0.3, 0.4) is 0 Å². The van der Waals surface area contributed by atoms with Crippen molar-refractivity contribution < 1.29 is 33.8 Å². The standard InChI is InChI=1S/C26H36N8O7S/c1-4-41-26(40)22-29-30-31-33(22)11-15(35)7-12(2)18-19-13(3)21(20(25(38)39)34(19)24(18)37)42-16-8-17(28-9-16)23(36)32-6-5-14(27)10-32/h12-14,16-19,28H,4-11,27H2,1-3H3,(H,38,39)/t12-,13+,14+,16-,17-,18+,19+/m0/s1. The van der Waals surface area contributed by atoms with E-state index in [9.17, 15) is 29.1 Å². The van der Waals surface area contributed by atoms with Gasteiger partial charge in [0.15, 0.2) is 5.78 Å². The molecule has 2 amide bonds. The van der Waals surface area contributed by atoms with E-state index in [1.54, 1.807) is 18.7 Å². The number of likely N-dealkylation sites (tertiary alicyclic amines) is 1. The number of fused-ring (bicyclic) bond motifs is 1. The van der Waals surface area contributed by atoms with E-state index >= 15 is 0 Å². The van der Waals surface area contributed by atoms with Gasteiger partial charge in [-0.05, 0) is 36.1 Å². The van der Waals surface area contributed by atoms with Crippen LogP contribution in [0.4, 0.5) is 0 Å². The van der Waals surface area contributed by atoms with E-state index in [2.05, 4.69) is 20.8 Å². The van der Waals surface area contributed by atoms with E-state index in [0.717, 1.165) is 11.1 Å². The van der Waals surface area contributed by atoms with Crippen molar-refractivity contribution in [2.45, 2.75) is 70.0 Å². The minimum atomic E-state index is -1.17. The number of ether oxygens (including phenoxy) is 1. The van der Waals surface area contributed by atoms with E-state index in [-0.39, 0.29) is 83.9 Å². The van der Waals surface area contributed by atoms with Gasteiger partial charge in [-0.1, -0.05) is 13.8 Å². The van der Waals surface area contributed by atoms with Gasteiger partial charge >= 0.3 is 11.9 Å². The molecule has 0 bridgehead atoms. The molecule has 3 saturated heterocycles. The molecule has 1 aromatic heterocycles. The number of carboxylic acids is 1. The number of ketones is 1. The lowest BCUT2D eigenvalue weighted by atomic mass is 9.73. The summed E-state index contributed by atoms with van der Waals surface area (Å²) in [6.07, 6.45) is 1.36. The van der Waals surface area contributed by atoms with Crippen LogP contribution >= 0.6 is 11.8 Å². The number of aliphatic carboxylic acids is 1. The summed E-state index contributed by atoms with van der Waals surface area (Å²) in [6.45, 7) is 6.96. The molecule has 5 rings (SSSR count). The molecule has 0 aromatic carbocycles. The van der Waals surface area contributed by atoms with Crippen molar-refractivity contribution in [2.75, 3.05) is 26.2 Å². The average molecular weight is 605 g/mol. The fourth-order valence-corrected chi connectivity index (χ4v) is 7.98. The molecule has 0 spiro atoms. The number of thioether (sulfide) groups is 1. The summed E-state index contributed by atoms with van der Waals surface area (Å²) >= 11 is 1.42. The van der Waals surface area contributed by atoms with E-state index < -0.39 is 17.9 Å². The molecule has 0 aliphatic carbocycles. The summed E-state index contributed by atoms with van der Waals surface area (Å²) in [7, 11) is 0. The summed E-state index contributed by atoms with van der Waals surface area (Å²) < 4.78 is 5.99. The number of hydrogen-bond acceptors (Lipinski definition) is 12.